The van der Waals surface area contributed by atoms with E-state index in [0.29, 0.717) is 59.4 Å². The number of aryl methyl sites for hydroxylation is 1. The Labute approximate surface area is 189 Å². The van der Waals surface area contributed by atoms with E-state index in [2.05, 4.69) is 14.9 Å². The van der Waals surface area contributed by atoms with Crippen molar-refractivity contribution in [3.05, 3.63) is 69.8 Å². The molecule has 8 nitrogen and oxygen atoms in total. The van der Waals surface area contributed by atoms with Crippen LogP contribution in [0.3, 0.4) is 0 Å². The summed E-state index contributed by atoms with van der Waals surface area (Å²) in [5.74, 6) is 1.22. The van der Waals surface area contributed by atoms with E-state index >= 15 is 0 Å². The van der Waals surface area contributed by atoms with Gasteiger partial charge in [-0.3, -0.25) is 9.69 Å². The molecule has 0 atom stereocenters. The molecule has 0 unspecified atom stereocenters. The first-order valence-corrected chi connectivity index (χ1v) is 12.6. The van der Waals surface area contributed by atoms with Crippen molar-refractivity contribution in [3.63, 3.8) is 0 Å². The number of nitrogens with one attached hydrogen (secondary N) is 1. The van der Waals surface area contributed by atoms with Crippen molar-refractivity contribution in [2.24, 2.45) is 0 Å². The van der Waals surface area contributed by atoms with Crippen molar-refractivity contribution >= 4 is 31.6 Å². The number of rotatable bonds is 5. The van der Waals surface area contributed by atoms with E-state index in [9.17, 15) is 13.2 Å². The fourth-order valence-electron chi connectivity index (χ4n) is 3.88. The highest BCUT2D eigenvalue weighted by molar-refractivity contribution is 7.89. The summed E-state index contributed by atoms with van der Waals surface area (Å²) in [6, 6.07) is 10.5. The van der Waals surface area contributed by atoms with E-state index in [1.54, 1.807) is 24.5 Å². The molecule has 1 saturated heterocycles. The normalized spacial score (nSPS) is 16.0. The van der Waals surface area contributed by atoms with Crippen LogP contribution in [0.25, 0.3) is 21.5 Å². The Morgan fingerprint density at radius 2 is 1.88 bits per heavy atom. The molecule has 0 spiro atoms. The van der Waals surface area contributed by atoms with E-state index in [1.165, 1.54) is 15.6 Å². The minimum atomic E-state index is -3.50. The molecule has 1 fully saturated rings. The van der Waals surface area contributed by atoms with Crippen molar-refractivity contribution < 1.29 is 12.8 Å². The number of thiophene rings is 1. The summed E-state index contributed by atoms with van der Waals surface area (Å²) >= 11 is 1.41. The molecule has 1 aliphatic rings. The molecular formula is C22H22N4O4S2. The highest BCUT2D eigenvalue weighted by Gasteiger charge is 2.28. The zero-order valence-corrected chi connectivity index (χ0v) is 19.1. The van der Waals surface area contributed by atoms with Crippen LogP contribution in [-0.2, 0) is 16.6 Å². The maximum atomic E-state index is 12.9. The van der Waals surface area contributed by atoms with Crippen molar-refractivity contribution in [1.29, 1.82) is 0 Å². The van der Waals surface area contributed by atoms with Gasteiger partial charge < -0.3 is 9.40 Å². The molecule has 4 heterocycles. The number of aromatic amines is 1. The molecule has 0 amide bonds. The Bertz CT molecular complexity index is 1400. The first-order valence-electron chi connectivity index (χ1n) is 10.3. The molecule has 10 heteroatoms. The summed E-state index contributed by atoms with van der Waals surface area (Å²) in [6.07, 6.45) is 1.58. The van der Waals surface area contributed by atoms with Gasteiger partial charge >= 0.3 is 0 Å². The van der Waals surface area contributed by atoms with Crippen LogP contribution in [0.1, 0.15) is 11.4 Å². The lowest BCUT2D eigenvalue weighted by Crippen LogP contribution is -2.48. The maximum Gasteiger partial charge on any atom is 0.260 e. The fraction of sp³-hybridized carbons (Fsp3) is 0.273. The van der Waals surface area contributed by atoms with Crippen LogP contribution in [0.4, 0.5) is 0 Å². The number of furan rings is 1. The second kappa shape index (κ2) is 8.28. The summed E-state index contributed by atoms with van der Waals surface area (Å²) in [6.45, 7) is 4.30. The first-order chi connectivity index (χ1) is 15.4. The molecule has 1 aliphatic heterocycles. The quantitative estimate of drug-likeness (QED) is 0.481. The van der Waals surface area contributed by atoms with Crippen LogP contribution in [-0.4, -0.2) is 53.8 Å². The third kappa shape index (κ3) is 3.90. The number of H-pyrrole nitrogens is 1. The number of nitrogens with zero attached hydrogens (tertiary/aromatic N) is 3. The van der Waals surface area contributed by atoms with E-state index in [1.807, 2.05) is 30.5 Å². The molecule has 1 N–H and O–H groups in total. The lowest BCUT2D eigenvalue weighted by Gasteiger charge is -2.33. The van der Waals surface area contributed by atoms with Crippen LogP contribution in [0.5, 0.6) is 0 Å². The van der Waals surface area contributed by atoms with E-state index in [0.717, 1.165) is 11.1 Å². The second-order valence-electron chi connectivity index (χ2n) is 7.81. The molecular weight excluding hydrogens is 448 g/mol. The summed E-state index contributed by atoms with van der Waals surface area (Å²) < 4.78 is 32.7. The predicted molar refractivity (Wildman–Crippen MR) is 123 cm³/mol. The first kappa shape index (κ1) is 21.1. The number of fused-ring (bicyclic) bond motifs is 1. The second-order valence-corrected chi connectivity index (χ2v) is 10.6. The number of sulfonamides is 1. The molecule has 0 radical (unpaired) electrons. The Balaban J connectivity index is 1.29. The standard InChI is InChI=1S/C22H22N4O4S2/c1-15-4-6-16(7-5-15)32(28,29)26-10-8-25(9-11-26)13-19-23-21(27)20-17(14-31-22(20)24-19)18-3-2-12-30-18/h2-7,12,14H,8-11,13H2,1H3,(H,23,24,27). The monoisotopic (exact) mass is 470 g/mol. The molecule has 0 saturated carbocycles. The van der Waals surface area contributed by atoms with Gasteiger partial charge in [-0.25, -0.2) is 13.4 Å². The number of piperazine rings is 1. The average Bonchev–Trinajstić information content (AvgIpc) is 3.44. The lowest BCUT2D eigenvalue weighted by molar-refractivity contribution is 0.178. The molecule has 5 rings (SSSR count). The molecule has 0 aliphatic carbocycles. The zero-order chi connectivity index (χ0) is 22.3. The fourth-order valence-corrected chi connectivity index (χ4v) is 6.25. The van der Waals surface area contributed by atoms with E-state index in [-0.39, 0.29) is 5.56 Å². The van der Waals surface area contributed by atoms with E-state index < -0.39 is 10.0 Å². The molecule has 0 bridgehead atoms. The third-order valence-electron chi connectivity index (χ3n) is 5.64. The van der Waals surface area contributed by atoms with Gasteiger partial charge in [-0.2, -0.15) is 4.31 Å². The summed E-state index contributed by atoms with van der Waals surface area (Å²) in [4.78, 5) is 23.3. The maximum absolute atomic E-state index is 12.9. The van der Waals surface area contributed by atoms with Gasteiger partial charge in [0.15, 0.2) is 0 Å². The number of hydrogen-bond acceptors (Lipinski definition) is 7. The topological polar surface area (TPSA) is 99.5 Å². The number of benzene rings is 1. The van der Waals surface area contributed by atoms with Crippen molar-refractivity contribution in [1.82, 2.24) is 19.2 Å². The Morgan fingerprint density at radius 1 is 1.12 bits per heavy atom. The van der Waals surface area contributed by atoms with Gasteiger partial charge in [0.05, 0.1) is 23.1 Å². The van der Waals surface area contributed by atoms with Gasteiger partial charge in [-0.15, -0.1) is 11.3 Å². The third-order valence-corrected chi connectivity index (χ3v) is 8.43. The van der Waals surface area contributed by atoms with Gasteiger partial charge in [0.1, 0.15) is 16.4 Å². The average molecular weight is 471 g/mol. The van der Waals surface area contributed by atoms with Gasteiger partial charge in [0.25, 0.3) is 5.56 Å². The smallest absolute Gasteiger partial charge is 0.260 e. The number of hydrogen-bond donors (Lipinski definition) is 1. The van der Waals surface area contributed by atoms with Gasteiger partial charge in [0, 0.05) is 37.1 Å². The zero-order valence-electron chi connectivity index (χ0n) is 17.4. The van der Waals surface area contributed by atoms with Crippen LogP contribution < -0.4 is 5.56 Å². The summed E-state index contributed by atoms with van der Waals surface area (Å²) in [5.41, 5.74) is 1.57. The lowest BCUT2D eigenvalue weighted by atomic mass is 10.2. The predicted octanol–water partition coefficient (Wildman–Crippen LogP) is 3.06. The minimum Gasteiger partial charge on any atom is -0.464 e. The molecule has 4 aromatic rings. The van der Waals surface area contributed by atoms with Crippen LogP contribution in [0.15, 0.2) is 62.1 Å². The van der Waals surface area contributed by atoms with Gasteiger partial charge in [-0.05, 0) is 31.2 Å². The molecule has 1 aromatic carbocycles. The van der Waals surface area contributed by atoms with Gasteiger partial charge in [-0.1, -0.05) is 17.7 Å². The highest BCUT2D eigenvalue weighted by atomic mass is 32.2. The summed E-state index contributed by atoms with van der Waals surface area (Å²) in [7, 11) is -3.50. The Kier molecular flexibility index (Phi) is 5.46. The highest BCUT2D eigenvalue weighted by Crippen LogP contribution is 2.31. The molecule has 32 heavy (non-hydrogen) atoms. The van der Waals surface area contributed by atoms with Crippen molar-refractivity contribution in [2.75, 3.05) is 26.2 Å². The van der Waals surface area contributed by atoms with Crippen LogP contribution in [0.2, 0.25) is 0 Å². The van der Waals surface area contributed by atoms with Crippen molar-refractivity contribution in [3.8, 4) is 11.3 Å². The largest absolute Gasteiger partial charge is 0.464 e. The molecule has 3 aromatic heterocycles. The van der Waals surface area contributed by atoms with Crippen LogP contribution >= 0.6 is 11.3 Å². The minimum absolute atomic E-state index is 0.196. The number of aromatic nitrogens is 2. The molecule has 166 valence electrons. The van der Waals surface area contributed by atoms with Crippen molar-refractivity contribution in [2.45, 2.75) is 18.4 Å². The van der Waals surface area contributed by atoms with Gasteiger partial charge in [0.2, 0.25) is 10.0 Å². The summed E-state index contributed by atoms with van der Waals surface area (Å²) in [5, 5.41) is 2.41. The SMILES string of the molecule is Cc1ccc(S(=O)(=O)N2CCN(Cc3nc4scc(-c5ccco5)c4c(=O)[nH]3)CC2)cc1. The Morgan fingerprint density at radius 3 is 2.56 bits per heavy atom. The Hall–Kier alpha value is -2.79. The van der Waals surface area contributed by atoms with Crippen LogP contribution in [0, 0.1) is 6.92 Å². The van der Waals surface area contributed by atoms with E-state index in [4.69, 9.17) is 4.42 Å².